The van der Waals surface area contributed by atoms with E-state index < -0.39 is 0 Å². The molecule has 0 saturated heterocycles. The molecule has 0 radical (unpaired) electrons. The highest BCUT2D eigenvalue weighted by Crippen LogP contribution is 2.10. The number of rotatable bonds is 3. The first kappa shape index (κ1) is 9.93. The summed E-state index contributed by atoms with van der Waals surface area (Å²) in [4.78, 5) is 14.3. The minimum atomic E-state index is 0.448. The fraction of sp³-hybridized carbons (Fsp3) is 0.0909. The van der Waals surface area contributed by atoms with Gasteiger partial charge in [0.15, 0.2) is 6.29 Å². The lowest BCUT2D eigenvalue weighted by Gasteiger charge is -2.01. The molecule has 2 rings (SSSR count). The Morgan fingerprint density at radius 3 is 2.67 bits per heavy atom. The second-order valence-corrected chi connectivity index (χ2v) is 3.65. The molecule has 3 nitrogen and oxygen atoms in total. The molecule has 4 heteroatoms. The number of carbonyl (C=O) groups excluding carboxylic acids is 1. The average Bonchev–Trinajstić information content (AvgIpc) is 2.69. The van der Waals surface area contributed by atoms with Gasteiger partial charge in [-0.1, -0.05) is 23.7 Å². The molecule has 2 aromatic rings. The van der Waals surface area contributed by atoms with Crippen molar-refractivity contribution in [3.05, 3.63) is 53.1 Å². The van der Waals surface area contributed by atoms with Gasteiger partial charge in [0.05, 0.1) is 6.33 Å². The van der Waals surface area contributed by atoms with Crippen molar-refractivity contribution in [3.8, 4) is 0 Å². The van der Waals surface area contributed by atoms with Crippen LogP contribution in [0.25, 0.3) is 0 Å². The van der Waals surface area contributed by atoms with Crippen LogP contribution in [0.4, 0.5) is 0 Å². The predicted molar refractivity (Wildman–Crippen MR) is 58.2 cm³/mol. The molecule has 0 fully saturated rings. The van der Waals surface area contributed by atoms with Gasteiger partial charge in [0, 0.05) is 17.8 Å². The van der Waals surface area contributed by atoms with Crippen LogP contribution in [-0.2, 0) is 6.54 Å². The smallest absolute Gasteiger partial charge is 0.169 e. The van der Waals surface area contributed by atoms with Crippen LogP contribution in [0.5, 0.6) is 0 Å². The Morgan fingerprint density at radius 2 is 2.07 bits per heavy atom. The van der Waals surface area contributed by atoms with E-state index in [1.54, 1.807) is 12.5 Å². The molecule has 0 aliphatic rings. The Morgan fingerprint density at radius 1 is 1.33 bits per heavy atom. The van der Waals surface area contributed by atoms with E-state index in [1.165, 1.54) is 0 Å². The fourth-order valence-electron chi connectivity index (χ4n) is 1.33. The molecule has 1 aromatic heterocycles. The Kier molecular flexibility index (Phi) is 2.83. The molecule has 1 aromatic carbocycles. The molecule has 76 valence electrons. The van der Waals surface area contributed by atoms with E-state index in [9.17, 15) is 4.79 Å². The van der Waals surface area contributed by atoms with Crippen LogP contribution in [0.1, 0.15) is 16.1 Å². The first-order valence-electron chi connectivity index (χ1n) is 4.49. The summed E-state index contributed by atoms with van der Waals surface area (Å²) in [5.74, 6) is 0. The molecular formula is C11H9ClN2O. The highest BCUT2D eigenvalue weighted by Gasteiger charge is 1.98. The van der Waals surface area contributed by atoms with Crippen molar-refractivity contribution in [2.75, 3.05) is 0 Å². The van der Waals surface area contributed by atoms with Crippen LogP contribution in [0.2, 0.25) is 5.02 Å². The first-order chi connectivity index (χ1) is 7.28. The van der Waals surface area contributed by atoms with Gasteiger partial charge < -0.3 is 4.57 Å². The fourth-order valence-corrected chi connectivity index (χ4v) is 1.45. The van der Waals surface area contributed by atoms with E-state index in [-0.39, 0.29) is 0 Å². The van der Waals surface area contributed by atoms with Gasteiger partial charge in [0.2, 0.25) is 0 Å². The molecule has 0 amide bonds. The zero-order valence-electron chi connectivity index (χ0n) is 7.93. The maximum atomic E-state index is 10.4. The lowest BCUT2D eigenvalue weighted by Crippen LogP contribution is -1.95. The van der Waals surface area contributed by atoms with Gasteiger partial charge in [-0.2, -0.15) is 0 Å². The number of benzene rings is 1. The van der Waals surface area contributed by atoms with Gasteiger partial charge in [-0.3, -0.25) is 4.79 Å². The van der Waals surface area contributed by atoms with Crippen LogP contribution < -0.4 is 0 Å². The monoisotopic (exact) mass is 220 g/mol. The van der Waals surface area contributed by atoms with Crippen molar-refractivity contribution >= 4 is 17.9 Å². The van der Waals surface area contributed by atoms with Crippen molar-refractivity contribution in [3.63, 3.8) is 0 Å². The molecule has 0 unspecified atom stereocenters. The van der Waals surface area contributed by atoms with Crippen molar-refractivity contribution in [1.82, 2.24) is 9.55 Å². The highest BCUT2D eigenvalue weighted by atomic mass is 35.5. The Bertz CT molecular complexity index is 462. The maximum absolute atomic E-state index is 10.4. The number of imidazole rings is 1. The van der Waals surface area contributed by atoms with E-state index >= 15 is 0 Å². The molecule has 0 N–H and O–H groups in total. The van der Waals surface area contributed by atoms with Crippen LogP contribution in [-0.4, -0.2) is 15.8 Å². The predicted octanol–water partition coefficient (Wildman–Crippen LogP) is 2.40. The Balaban J connectivity index is 2.14. The molecular weight excluding hydrogens is 212 g/mol. The van der Waals surface area contributed by atoms with Gasteiger partial charge in [0.1, 0.15) is 5.69 Å². The molecule has 0 spiro atoms. The highest BCUT2D eigenvalue weighted by molar-refractivity contribution is 6.30. The van der Waals surface area contributed by atoms with Gasteiger partial charge in [-0.25, -0.2) is 4.98 Å². The number of halogens is 1. The average molecular weight is 221 g/mol. The number of aldehydes is 1. The third kappa shape index (κ3) is 2.44. The summed E-state index contributed by atoms with van der Waals surface area (Å²) in [6.45, 7) is 0.692. The number of carbonyl (C=O) groups is 1. The molecule has 0 saturated carbocycles. The van der Waals surface area contributed by atoms with Crippen molar-refractivity contribution in [1.29, 1.82) is 0 Å². The topological polar surface area (TPSA) is 34.9 Å². The second-order valence-electron chi connectivity index (χ2n) is 3.22. The van der Waals surface area contributed by atoms with E-state index in [1.807, 2.05) is 28.8 Å². The minimum absolute atomic E-state index is 0.448. The van der Waals surface area contributed by atoms with Gasteiger partial charge in [0.25, 0.3) is 0 Å². The van der Waals surface area contributed by atoms with Crippen molar-refractivity contribution in [2.45, 2.75) is 6.54 Å². The quantitative estimate of drug-likeness (QED) is 0.745. The third-order valence-electron chi connectivity index (χ3n) is 2.05. The van der Waals surface area contributed by atoms with Crippen LogP contribution in [0.15, 0.2) is 36.8 Å². The summed E-state index contributed by atoms with van der Waals surface area (Å²) in [6.07, 6.45) is 4.08. The van der Waals surface area contributed by atoms with Crippen LogP contribution >= 0.6 is 11.6 Å². The van der Waals surface area contributed by atoms with Gasteiger partial charge in [-0.05, 0) is 17.7 Å². The summed E-state index contributed by atoms with van der Waals surface area (Å²) in [5, 5.41) is 0.720. The Labute approximate surface area is 92.3 Å². The summed E-state index contributed by atoms with van der Waals surface area (Å²) in [6, 6.07) is 7.58. The summed E-state index contributed by atoms with van der Waals surface area (Å²) < 4.78 is 1.85. The molecule has 15 heavy (non-hydrogen) atoms. The molecule has 0 aliphatic heterocycles. The standard InChI is InChI=1S/C11H9ClN2O/c12-10-3-1-9(2-4-10)5-14-6-11(7-15)13-8-14/h1-4,6-8H,5H2. The Hall–Kier alpha value is -1.61. The normalized spacial score (nSPS) is 10.2. The van der Waals surface area contributed by atoms with E-state index in [4.69, 9.17) is 11.6 Å². The van der Waals surface area contributed by atoms with Crippen LogP contribution in [0, 0.1) is 0 Å². The number of nitrogens with zero attached hydrogens (tertiary/aromatic N) is 2. The minimum Gasteiger partial charge on any atom is -0.332 e. The molecule has 0 aliphatic carbocycles. The SMILES string of the molecule is O=Cc1cn(Cc2ccc(Cl)cc2)cn1. The lowest BCUT2D eigenvalue weighted by molar-refractivity contribution is 0.111. The number of aromatic nitrogens is 2. The maximum Gasteiger partial charge on any atom is 0.169 e. The van der Waals surface area contributed by atoms with E-state index in [0.717, 1.165) is 16.9 Å². The largest absolute Gasteiger partial charge is 0.332 e. The van der Waals surface area contributed by atoms with Crippen molar-refractivity contribution in [2.24, 2.45) is 0 Å². The van der Waals surface area contributed by atoms with E-state index in [0.29, 0.717) is 12.2 Å². The number of hydrogen-bond donors (Lipinski definition) is 0. The van der Waals surface area contributed by atoms with Gasteiger partial charge >= 0.3 is 0 Å². The second kappa shape index (κ2) is 4.28. The molecule has 1 heterocycles. The molecule has 0 atom stereocenters. The third-order valence-corrected chi connectivity index (χ3v) is 2.30. The van der Waals surface area contributed by atoms with E-state index in [2.05, 4.69) is 4.98 Å². The number of hydrogen-bond acceptors (Lipinski definition) is 2. The first-order valence-corrected chi connectivity index (χ1v) is 4.87. The zero-order valence-corrected chi connectivity index (χ0v) is 8.69. The molecule has 0 bridgehead atoms. The summed E-state index contributed by atoms with van der Waals surface area (Å²) in [5.41, 5.74) is 1.57. The zero-order chi connectivity index (χ0) is 10.7. The lowest BCUT2D eigenvalue weighted by atomic mass is 10.2. The van der Waals surface area contributed by atoms with Gasteiger partial charge in [-0.15, -0.1) is 0 Å². The van der Waals surface area contributed by atoms with Crippen LogP contribution in [0.3, 0.4) is 0 Å². The summed E-state index contributed by atoms with van der Waals surface area (Å²) >= 11 is 5.78. The summed E-state index contributed by atoms with van der Waals surface area (Å²) in [7, 11) is 0. The van der Waals surface area contributed by atoms with Crippen molar-refractivity contribution < 1.29 is 4.79 Å².